The van der Waals surface area contributed by atoms with Crippen LogP contribution >= 0.6 is 0 Å². The van der Waals surface area contributed by atoms with Gasteiger partial charge in [-0.2, -0.15) is 0 Å². The van der Waals surface area contributed by atoms with Gasteiger partial charge in [-0.1, -0.05) is 12.1 Å². The highest BCUT2D eigenvalue weighted by Gasteiger charge is 2.31. The molecule has 8 nitrogen and oxygen atoms in total. The van der Waals surface area contributed by atoms with Crippen LogP contribution in [0.15, 0.2) is 47.4 Å². The Morgan fingerprint density at radius 1 is 1.26 bits per heavy atom. The summed E-state index contributed by atoms with van der Waals surface area (Å²) < 4.78 is 28.5. The fourth-order valence-electron chi connectivity index (χ4n) is 3.42. The molecule has 1 saturated heterocycles. The third-order valence-electron chi connectivity index (χ3n) is 4.61. The Morgan fingerprint density at radius 3 is 2.56 bits per heavy atom. The normalized spacial score (nSPS) is 17.1. The average Bonchev–Trinajstić information content (AvgIpc) is 3.11. The number of rotatable bonds is 6. The van der Waals surface area contributed by atoms with Crippen molar-refractivity contribution in [1.82, 2.24) is 0 Å². The zero-order valence-electron chi connectivity index (χ0n) is 14.9. The Kier molecular flexibility index (Phi) is 5.33. The van der Waals surface area contributed by atoms with Crippen molar-refractivity contribution in [2.45, 2.75) is 30.7 Å². The molecule has 0 unspecified atom stereocenters. The van der Waals surface area contributed by atoms with Crippen molar-refractivity contribution in [3.63, 3.8) is 0 Å². The molecule has 9 heteroatoms. The second-order valence-corrected chi connectivity index (χ2v) is 7.87. The van der Waals surface area contributed by atoms with Crippen LogP contribution < -0.4 is 14.8 Å². The molecule has 0 radical (unpaired) electrons. The van der Waals surface area contributed by atoms with Crippen LogP contribution in [-0.4, -0.2) is 26.5 Å². The van der Waals surface area contributed by atoms with E-state index in [-0.39, 0.29) is 16.6 Å². The summed E-state index contributed by atoms with van der Waals surface area (Å²) >= 11 is 0. The smallest absolute Gasteiger partial charge is 0.293 e. The lowest BCUT2D eigenvalue weighted by atomic mass is 10.0. The van der Waals surface area contributed by atoms with Crippen molar-refractivity contribution in [3.8, 4) is 5.75 Å². The molecule has 1 heterocycles. The van der Waals surface area contributed by atoms with Crippen molar-refractivity contribution in [2.24, 2.45) is 5.14 Å². The predicted octanol–water partition coefficient (Wildman–Crippen LogP) is 2.98. The minimum atomic E-state index is -4.01. The van der Waals surface area contributed by atoms with E-state index in [9.17, 15) is 18.5 Å². The molecule has 1 atom stereocenters. The van der Waals surface area contributed by atoms with E-state index in [4.69, 9.17) is 9.88 Å². The molecule has 1 aliphatic rings. The van der Waals surface area contributed by atoms with Crippen LogP contribution in [0.2, 0.25) is 0 Å². The van der Waals surface area contributed by atoms with Crippen LogP contribution in [0.1, 0.15) is 31.4 Å². The molecule has 2 N–H and O–H groups in total. The van der Waals surface area contributed by atoms with Gasteiger partial charge in [0.1, 0.15) is 11.4 Å². The molecule has 0 spiro atoms. The Labute approximate surface area is 157 Å². The maximum atomic E-state index is 11.5. The molecule has 1 aliphatic heterocycles. The van der Waals surface area contributed by atoms with Gasteiger partial charge in [0.2, 0.25) is 10.0 Å². The number of hydrogen-bond donors (Lipinski definition) is 1. The average molecular weight is 391 g/mol. The van der Waals surface area contributed by atoms with Gasteiger partial charge in [0.05, 0.1) is 22.5 Å². The Hall–Kier alpha value is -2.65. The lowest BCUT2D eigenvalue weighted by molar-refractivity contribution is -0.384. The highest BCUT2D eigenvalue weighted by Crippen LogP contribution is 2.41. The molecule has 27 heavy (non-hydrogen) atoms. The molecular formula is C18H21N3O5S. The zero-order valence-corrected chi connectivity index (χ0v) is 15.7. The first-order valence-corrected chi connectivity index (χ1v) is 10.2. The minimum Gasteiger partial charge on any atom is -0.494 e. The van der Waals surface area contributed by atoms with E-state index < -0.39 is 14.9 Å². The molecule has 0 saturated carbocycles. The van der Waals surface area contributed by atoms with Crippen LogP contribution in [0.4, 0.5) is 11.4 Å². The molecule has 0 amide bonds. The fraction of sp³-hybridized carbons (Fsp3) is 0.333. The maximum Gasteiger partial charge on any atom is 0.293 e. The molecule has 0 bridgehead atoms. The van der Waals surface area contributed by atoms with Crippen LogP contribution in [0, 0.1) is 10.1 Å². The molecule has 144 valence electrons. The Balaban J connectivity index is 1.98. The van der Waals surface area contributed by atoms with E-state index in [1.807, 2.05) is 36.1 Å². The van der Waals surface area contributed by atoms with Gasteiger partial charge in [-0.3, -0.25) is 10.1 Å². The van der Waals surface area contributed by atoms with Gasteiger partial charge < -0.3 is 9.64 Å². The van der Waals surface area contributed by atoms with E-state index in [2.05, 4.69) is 0 Å². The largest absolute Gasteiger partial charge is 0.494 e. The highest BCUT2D eigenvalue weighted by molar-refractivity contribution is 7.89. The third kappa shape index (κ3) is 4.04. The second-order valence-electron chi connectivity index (χ2n) is 6.31. The topological polar surface area (TPSA) is 116 Å². The summed E-state index contributed by atoms with van der Waals surface area (Å²) in [6.07, 6.45) is 1.73. The number of nitrogens with zero attached hydrogens (tertiary/aromatic N) is 2. The van der Waals surface area contributed by atoms with Crippen molar-refractivity contribution < 1.29 is 18.1 Å². The number of hydrogen-bond acceptors (Lipinski definition) is 6. The fourth-order valence-corrected chi connectivity index (χ4v) is 3.96. The zero-order chi connectivity index (χ0) is 19.6. The molecule has 1 fully saturated rings. The van der Waals surface area contributed by atoms with Crippen molar-refractivity contribution in [3.05, 3.63) is 58.1 Å². The monoisotopic (exact) mass is 391 g/mol. The van der Waals surface area contributed by atoms with Gasteiger partial charge in [-0.15, -0.1) is 0 Å². The maximum absolute atomic E-state index is 11.5. The van der Waals surface area contributed by atoms with Gasteiger partial charge in [0.15, 0.2) is 0 Å². The lowest BCUT2D eigenvalue weighted by Crippen LogP contribution is -2.24. The van der Waals surface area contributed by atoms with Crippen molar-refractivity contribution >= 4 is 21.4 Å². The molecule has 0 aromatic heterocycles. The van der Waals surface area contributed by atoms with Crippen LogP contribution in [-0.2, 0) is 10.0 Å². The van der Waals surface area contributed by atoms with Crippen LogP contribution in [0.25, 0.3) is 0 Å². The van der Waals surface area contributed by atoms with Crippen molar-refractivity contribution in [2.75, 3.05) is 18.1 Å². The SMILES string of the molecule is CCOc1ccc([C@H]2CCCN2c2ccc(S(N)(=O)=O)cc2[N+](=O)[O-])cc1. The summed E-state index contributed by atoms with van der Waals surface area (Å²) in [5.74, 6) is 0.772. The number of nitro benzene ring substituents is 1. The summed E-state index contributed by atoms with van der Waals surface area (Å²) in [7, 11) is -4.01. The second kappa shape index (κ2) is 7.53. The van der Waals surface area contributed by atoms with Crippen LogP contribution in [0.5, 0.6) is 5.75 Å². The van der Waals surface area contributed by atoms with Gasteiger partial charge >= 0.3 is 0 Å². The first kappa shape index (κ1) is 19.1. The first-order chi connectivity index (χ1) is 12.8. The Bertz CT molecular complexity index is 944. The summed E-state index contributed by atoms with van der Waals surface area (Å²) in [5, 5.41) is 16.7. The van der Waals surface area contributed by atoms with Gasteiger partial charge in [0.25, 0.3) is 5.69 Å². The summed E-state index contributed by atoms with van der Waals surface area (Å²) in [6.45, 7) is 3.14. The lowest BCUT2D eigenvalue weighted by Gasteiger charge is -2.27. The van der Waals surface area contributed by atoms with Crippen molar-refractivity contribution in [1.29, 1.82) is 0 Å². The molecular weight excluding hydrogens is 370 g/mol. The van der Waals surface area contributed by atoms with Gasteiger partial charge in [0, 0.05) is 12.6 Å². The molecule has 3 rings (SSSR count). The van der Waals surface area contributed by atoms with E-state index in [1.165, 1.54) is 12.1 Å². The van der Waals surface area contributed by atoms with Gasteiger partial charge in [-0.25, -0.2) is 13.6 Å². The number of benzene rings is 2. The number of ether oxygens (including phenoxy) is 1. The first-order valence-electron chi connectivity index (χ1n) is 8.62. The predicted molar refractivity (Wildman–Crippen MR) is 101 cm³/mol. The standard InChI is InChI=1S/C18H21N3O5S/c1-2-26-14-7-5-13(6-8-14)16-4-3-11-20(16)17-10-9-15(27(19,24)25)12-18(17)21(22)23/h5-10,12,16H,2-4,11H2,1H3,(H2,19,24,25)/t16-/m1/s1. The van der Waals surface area contributed by atoms with Gasteiger partial charge in [-0.05, 0) is 49.6 Å². The Morgan fingerprint density at radius 2 is 1.96 bits per heavy atom. The number of nitro groups is 1. The highest BCUT2D eigenvalue weighted by atomic mass is 32.2. The van der Waals surface area contributed by atoms with E-state index in [0.29, 0.717) is 18.8 Å². The number of nitrogens with two attached hydrogens (primary N) is 1. The number of sulfonamides is 1. The van der Waals surface area contributed by atoms with E-state index in [1.54, 1.807) is 0 Å². The number of primary sulfonamides is 1. The van der Waals surface area contributed by atoms with E-state index >= 15 is 0 Å². The minimum absolute atomic E-state index is 0.0280. The molecule has 2 aromatic carbocycles. The summed E-state index contributed by atoms with van der Waals surface area (Å²) in [6, 6.07) is 11.5. The summed E-state index contributed by atoms with van der Waals surface area (Å²) in [4.78, 5) is 12.6. The van der Waals surface area contributed by atoms with E-state index in [0.717, 1.165) is 30.2 Å². The third-order valence-corrected chi connectivity index (χ3v) is 5.52. The molecule has 2 aromatic rings. The van der Waals surface area contributed by atoms with Crippen LogP contribution in [0.3, 0.4) is 0 Å². The number of anilines is 1. The molecule has 0 aliphatic carbocycles. The quantitative estimate of drug-likeness (QED) is 0.598. The summed E-state index contributed by atoms with van der Waals surface area (Å²) in [5.41, 5.74) is 1.16.